The fourth-order valence-corrected chi connectivity index (χ4v) is 3.23. The summed E-state index contributed by atoms with van der Waals surface area (Å²) in [4.78, 5) is 25.8. The van der Waals surface area contributed by atoms with Gasteiger partial charge in [0.05, 0.1) is 12.1 Å². The lowest BCUT2D eigenvalue weighted by atomic mass is 9.98. The first-order valence-electron chi connectivity index (χ1n) is 6.49. The SMILES string of the molecule is Cc1nnsc1C(=O)N1CC(CC(=O)O)c2ccccc21. The van der Waals surface area contributed by atoms with Crippen molar-refractivity contribution in [3.8, 4) is 0 Å². The summed E-state index contributed by atoms with van der Waals surface area (Å²) >= 11 is 1.07. The number of hydrogen-bond acceptors (Lipinski definition) is 5. The maximum absolute atomic E-state index is 12.6. The highest BCUT2D eigenvalue weighted by Gasteiger charge is 2.34. The highest BCUT2D eigenvalue weighted by Crippen LogP contribution is 2.39. The van der Waals surface area contributed by atoms with Gasteiger partial charge in [0.1, 0.15) is 4.88 Å². The molecule has 1 unspecified atom stereocenters. The van der Waals surface area contributed by atoms with Crippen LogP contribution in [-0.2, 0) is 4.79 Å². The van der Waals surface area contributed by atoms with Gasteiger partial charge >= 0.3 is 5.97 Å². The minimum Gasteiger partial charge on any atom is -0.481 e. The van der Waals surface area contributed by atoms with Gasteiger partial charge in [0, 0.05) is 18.2 Å². The number of aryl methyl sites for hydroxylation is 1. The van der Waals surface area contributed by atoms with E-state index in [1.54, 1.807) is 11.8 Å². The van der Waals surface area contributed by atoms with Gasteiger partial charge in [-0.15, -0.1) is 5.10 Å². The van der Waals surface area contributed by atoms with Crippen LogP contribution < -0.4 is 4.90 Å². The number of carboxylic acids is 1. The molecule has 0 radical (unpaired) electrons. The second-order valence-electron chi connectivity index (χ2n) is 4.96. The fourth-order valence-electron chi connectivity index (χ4n) is 2.62. The second kappa shape index (κ2) is 5.25. The normalized spacial score (nSPS) is 16.8. The molecule has 1 amide bonds. The standard InChI is InChI=1S/C14H13N3O3S/c1-8-13(21-16-15-8)14(20)17-7-9(6-12(18)19)10-4-2-3-5-11(10)17/h2-5,9H,6-7H2,1H3,(H,18,19). The summed E-state index contributed by atoms with van der Waals surface area (Å²) in [5, 5.41) is 12.9. The maximum atomic E-state index is 12.6. The average molecular weight is 303 g/mol. The number of carboxylic acid groups (broad SMARTS) is 1. The Morgan fingerprint density at radius 2 is 2.19 bits per heavy atom. The van der Waals surface area contributed by atoms with Crippen LogP contribution in [0.25, 0.3) is 0 Å². The van der Waals surface area contributed by atoms with Crippen molar-refractivity contribution in [2.75, 3.05) is 11.4 Å². The first-order chi connectivity index (χ1) is 10.1. The molecule has 0 spiro atoms. The number of rotatable bonds is 3. The molecule has 0 aliphatic carbocycles. The van der Waals surface area contributed by atoms with Crippen LogP contribution in [0.5, 0.6) is 0 Å². The van der Waals surface area contributed by atoms with Crippen molar-refractivity contribution in [2.24, 2.45) is 0 Å². The molecule has 1 aromatic carbocycles. The highest BCUT2D eigenvalue weighted by atomic mass is 32.1. The van der Waals surface area contributed by atoms with Crippen molar-refractivity contribution >= 4 is 29.1 Å². The second-order valence-corrected chi connectivity index (χ2v) is 5.71. The van der Waals surface area contributed by atoms with Crippen LogP contribution >= 0.6 is 11.5 Å². The Morgan fingerprint density at radius 1 is 1.43 bits per heavy atom. The quantitative estimate of drug-likeness (QED) is 0.938. The Kier molecular flexibility index (Phi) is 3.42. The molecule has 108 valence electrons. The lowest BCUT2D eigenvalue weighted by molar-refractivity contribution is -0.137. The number of carbonyl (C=O) groups excluding carboxylic acids is 1. The average Bonchev–Trinajstić information content (AvgIpc) is 3.02. The third kappa shape index (κ3) is 2.40. The largest absolute Gasteiger partial charge is 0.481 e. The summed E-state index contributed by atoms with van der Waals surface area (Å²) < 4.78 is 3.79. The third-order valence-corrected chi connectivity index (χ3v) is 4.40. The molecule has 0 fully saturated rings. The van der Waals surface area contributed by atoms with E-state index < -0.39 is 5.97 Å². The first-order valence-corrected chi connectivity index (χ1v) is 7.27. The van der Waals surface area contributed by atoms with Gasteiger partial charge in [-0.1, -0.05) is 22.7 Å². The molecule has 0 bridgehead atoms. The predicted octanol–water partition coefficient (Wildman–Crippen LogP) is 2.07. The van der Waals surface area contributed by atoms with E-state index in [1.165, 1.54) is 0 Å². The van der Waals surface area contributed by atoms with E-state index >= 15 is 0 Å². The minimum absolute atomic E-state index is 0.0146. The van der Waals surface area contributed by atoms with Crippen molar-refractivity contribution < 1.29 is 14.7 Å². The number of aliphatic carboxylic acids is 1. The number of anilines is 1. The van der Waals surface area contributed by atoms with Gasteiger partial charge in [-0.05, 0) is 30.1 Å². The zero-order valence-electron chi connectivity index (χ0n) is 11.3. The molecule has 0 saturated carbocycles. The fraction of sp³-hybridized carbons (Fsp3) is 0.286. The minimum atomic E-state index is -0.861. The molecule has 0 saturated heterocycles. The molecular formula is C14H13N3O3S. The number of hydrogen-bond donors (Lipinski definition) is 1. The summed E-state index contributed by atoms with van der Waals surface area (Å²) in [6.07, 6.45) is 0.0146. The Balaban J connectivity index is 1.96. The van der Waals surface area contributed by atoms with E-state index in [2.05, 4.69) is 9.59 Å². The zero-order chi connectivity index (χ0) is 15.0. The molecule has 2 aromatic rings. The van der Waals surface area contributed by atoms with Gasteiger partial charge in [0.25, 0.3) is 5.91 Å². The Labute approximate surface area is 125 Å². The summed E-state index contributed by atoms with van der Waals surface area (Å²) in [5.74, 6) is -1.20. The molecule has 2 heterocycles. The molecule has 1 aromatic heterocycles. The van der Waals surface area contributed by atoms with E-state index in [4.69, 9.17) is 5.11 Å². The van der Waals surface area contributed by atoms with E-state index in [0.29, 0.717) is 17.1 Å². The zero-order valence-corrected chi connectivity index (χ0v) is 12.1. The van der Waals surface area contributed by atoms with Crippen LogP contribution in [-0.4, -0.2) is 33.1 Å². The van der Waals surface area contributed by atoms with Gasteiger partial charge in [-0.2, -0.15) is 0 Å². The summed E-state index contributed by atoms with van der Waals surface area (Å²) in [6, 6.07) is 7.44. The summed E-state index contributed by atoms with van der Waals surface area (Å²) in [5.41, 5.74) is 2.29. The maximum Gasteiger partial charge on any atom is 0.304 e. The van der Waals surface area contributed by atoms with E-state index in [-0.39, 0.29) is 18.2 Å². The molecule has 7 heteroatoms. The molecule has 21 heavy (non-hydrogen) atoms. The number of amides is 1. The highest BCUT2D eigenvalue weighted by molar-refractivity contribution is 7.08. The van der Waals surface area contributed by atoms with E-state index in [9.17, 15) is 9.59 Å². The number of para-hydroxylation sites is 1. The summed E-state index contributed by atoms with van der Waals surface area (Å²) in [7, 11) is 0. The Bertz CT molecular complexity index is 713. The van der Waals surface area contributed by atoms with Crippen LogP contribution in [0.4, 0.5) is 5.69 Å². The Hall–Kier alpha value is -2.28. The van der Waals surface area contributed by atoms with Gasteiger partial charge < -0.3 is 10.0 Å². The van der Waals surface area contributed by atoms with Crippen molar-refractivity contribution in [3.05, 3.63) is 40.4 Å². The molecule has 1 aliphatic heterocycles. The van der Waals surface area contributed by atoms with Gasteiger partial charge in [0.15, 0.2) is 0 Å². The van der Waals surface area contributed by atoms with Crippen molar-refractivity contribution in [2.45, 2.75) is 19.3 Å². The number of fused-ring (bicyclic) bond motifs is 1. The lowest BCUT2D eigenvalue weighted by Crippen LogP contribution is -2.30. The van der Waals surface area contributed by atoms with Crippen LogP contribution in [0.2, 0.25) is 0 Å². The predicted molar refractivity (Wildman–Crippen MR) is 77.8 cm³/mol. The molecule has 1 N–H and O–H groups in total. The van der Waals surface area contributed by atoms with Crippen molar-refractivity contribution in [3.63, 3.8) is 0 Å². The first kappa shape index (κ1) is 13.7. The molecule has 3 rings (SSSR count). The number of nitrogens with zero attached hydrogens (tertiary/aromatic N) is 3. The third-order valence-electron chi connectivity index (χ3n) is 3.58. The van der Waals surface area contributed by atoms with Gasteiger partial charge in [0.2, 0.25) is 0 Å². The smallest absolute Gasteiger partial charge is 0.304 e. The van der Waals surface area contributed by atoms with Gasteiger partial charge in [-0.3, -0.25) is 9.59 Å². The van der Waals surface area contributed by atoms with E-state index in [1.807, 2.05) is 24.3 Å². The van der Waals surface area contributed by atoms with Crippen LogP contribution in [0, 0.1) is 6.92 Å². The van der Waals surface area contributed by atoms with E-state index in [0.717, 1.165) is 22.8 Å². The number of aromatic nitrogens is 2. The monoisotopic (exact) mass is 303 g/mol. The van der Waals surface area contributed by atoms with Crippen molar-refractivity contribution in [1.82, 2.24) is 9.59 Å². The molecular weight excluding hydrogens is 290 g/mol. The number of carbonyl (C=O) groups is 2. The topological polar surface area (TPSA) is 83.4 Å². The Morgan fingerprint density at radius 3 is 2.86 bits per heavy atom. The lowest BCUT2D eigenvalue weighted by Gasteiger charge is -2.16. The van der Waals surface area contributed by atoms with Crippen LogP contribution in [0.3, 0.4) is 0 Å². The molecule has 1 atom stereocenters. The van der Waals surface area contributed by atoms with Gasteiger partial charge in [-0.25, -0.2) is 0 Å². The molecule has 6 nitrogen and oxygen atoms in total. The van der Waals surface area contributed by atoms with Crippen molar-refractivity contribution in [1.29, 1.82) is 0 Å². The van der Waals surface area contributed by atoms with Crippen LogP contribution in [0.1, 0.15) is 33.3 Å². The summed E-state index contributed by atoms with van der Waals surface area (Å²) in [6.45, 7) is 2.12. The molecule has 1 aliphatic rings. The number of benzene rings is 1. The van der Waals surface area contributed by atoms with Crippen LogP contribution in [0.15, 0.2) is 24.3 Å².